The highest BCUT2D eigenvalue weighted by molar-refractivity contribution is 9.10. The third-order valence-corrected chi connectivity index (χ3v) is 3.17. The first-order chi connectivity index (χ1) is 10.2. The summed E-state index contributed by atoms with van der Waals surface area (Å²) in [5, 5.41) is 6.86. The van der Waals surface area contributed by atoms with Crippen LogP contribution in [0.25, 0.3) is 0 Å². The van der Waals surface area contributed by atoms with Crippen LogP contribution in [0.3, 0.4) is 0 Å². The largest absolute Gasteiger partial charge is 0.471 e. The molecule has 0 aliphatic rings. The van der Waals surface area contributed by atoms with E-state index in [2.05, 4.69) is 26.3 Å². The predicted octanol–water partition coefficient (Wildman–Crippen LogP) is 2.06. The molecule has 1 heterocycles. The predicted molar refractivity (Wildman–Crippen MR) is 81.2 cm³/mol. The van der Waals surface area contributed by atoms with E-state index in [1.807, 2.05) is 24.3 Å². The molecule has 0 radical (unpaired) electrons. The van der Waals surface area contributed by atoms with Crippen LogP contribution >= 0.6 is 15.9 Å². The van der Waals surface area contributed by atoms with Gasteiger partial charge >= 0.3 is 0 Å². The van der Waals surface area contributed by atoms with Crippen molar-refractivity contribution in [3.63, 3.8) is 0 Å². The zero-order valence-electron chi connectivity index (χ0n) is 11.6. The van der Waals surface area contributed by atoms with E-state index in [0.29, 0.717) is 18.8 Å². The van der Waals surface area contributed by atoms with Gasteiger partial charge in [0.15, 0.2) is 6.73 Å². The van der Waals surface area contributed by atoms with Crippen LogP contribution in [0.2, 0.25) is 0 Å². The molecule has 21 heavy (non-hydrogen) atoms. The van der Waals surface area contributed by atoms with E-state index < -0.39 is 0 Å². The number of benzene rings is 1. The summed E-state index contributed by atoms with van der Waals surface area (Å²) in [4.78, 5) is 11.8. The first-order valence-electron chi connectivity index (χ1n) is 6.38. The fourth-order valence-electron chi connectivity index (χ4n) is 1.58. The minimum Gasteiger partial charge on any atom is -0.471 e. The quantitative estimate of drug-likeness (QED) is 0.773. The molecule has 1 amide bonds. The first-order valence-corrected chi connectivity index (χ1v) is 7.17. The van der Waals surface area contributed by atoms with E-state index in [1.165, 1.54) is 0 Å². The van der Waals surface area contributed by atoms with Crippen LogP contribution in [0.1, 0.15) is 10.5 Å². The molecule has 0 saturated heterocycles. The Balaban J connectivity index is 1.85. The van der Waals surface area contributed by atoms with Gasteiger partial charge in [-0.15, -0.1) is 0 Å². The number of nitrogens with zero attached hydrogens (tertiary/aromatic N) is 2. The second-order valence-electron chi connectivity index (χ2n) is 4.22. The maximum absolute atomic E-state index is 11.8. The van der Waals surface area contributed by atoms with Crippen molar-refractivity contribution in [2.45, 2.75) is 6.73 Å². The van der Waals surface area contributed by atoms with Gasteiger partial charge in [-0.05, 0) is 30.3 Å². The Morgan fingerprint density at radius 1 is 1.33 bits per heavy atom. The molecule has 0 fully saturated rings. The van der Waals surface area contributed by atoms with Gasteiger partial charge in [-0.1, -0.05) is 15.9 Å². The molecule has 0 aliphatic heterocycles. The van der Waals surface area contributed by atoms with Crippen molar-refractivity contribution in [2.24, 2.45) is 0 Å². The highest BCUT2D eigenvalue weighted by Gasteiger charge is 2.08. The van der Waals surface area contributed by atoms with Gasteiger partial charge in [0.05, 0.1) is 6.61 Å². The summed E-state index contributed by atoms with van der Waals surface area (Å²) in [5.74, 6) is 0.509. The Morgan fingerprint density at radius 2 is 2.10 bits per heavy atom. The molecule has 2 rings (SSSR count). The highest BCUT2D eigenvalue weighted by atomic mass is 79.9. The first kappa shape index (κ1) is 15.5. The average molecular weight is 354 g/mol. The molecule has 2 aromatic rings. The number of hydrogen-bond donors (Lipinski definition) is 1. The molecular formula is C14H16BrN3O3. The molecule has 1 aromatic heterocycles. The van der Waals surface area contributed by atoms with Crippen molar-refractivity contribution in [1.29, 1.82) is 0 Å². The molecule has 0 atom stereocenters. The topological polar surface area (TPSA) is 65.4 Å². The van der Waals surface area contributed by atoms with Crippen LogP contribution in [-0.4, -0.2) is 35.9 Å². The van der Waals surface area contributed by atoms with Gasteiger partial charge in [-0.2, -0.15) is 5.10 Å². The van der Waals surface area contributed by atoms with Gasteiger partial charge < -0.3 is 14.8 Å². The zero-order valence-corrected chi connectivity index (χ0v) is 13.2. The average Bonchev–Trinajstić information content (AvgIpc) is 2.96. The zero-order chi connectivity index (χ0) is 15.1. The number of halogens is 1. The van der Waals surface area contributed by atoms with Gasteiger partial charge in [-0.3, -0.25) is 4.79 Å². The smallest absolute Gasteiger partial charge is 0.271 e. The Hall–Kier alpha value is -1.86. The van der Waals surface area contributed by atoms with Crippen molar-refractivity contribution in [3.05, 3.63) is 46.7 Å². The van der Waals surface area contributed by atoms with Gasteiger partial charge in [0.25, 0.3) is 5.91 Å². The monoisotopic (exact) mass is 353 g/mol. The number of rotatable bonds is 7. The van der Waals surface area contributed by atoms with Gasteiger partial charge in [-0.25, -0.2) is 4.68 Å². The van der Waals surface area contributed by atoms with Gasteiger partial charge in [0.2, 0.25) is 0 Å². The van der Waals surface area contributed by atoms with Crippen molar-refractivity contribution < 1.29 is 14.3 Å². The second kappa shape index (κ2) is 7.80. The second-order valence-corrected chi connectivity index (χ2v) is 5.13. The van der Waals surface area contributed by atoms with E-state index in [-0.39, 0.29) is 12.6 Å². The van der Waals surface area contributed by atoms with Crippen LogP contribution in [0.4, 0.5) is 0 Å². The minimum atomic E-state index is -0.227. The van der Waals surface area contributed by atoms with Crippen LogP contribution < -0.4 is 10.1 Å². The number of carbonyl (C=O) groups excluding carboxylic acids is 1. The molecule has 0 bridgehead atoms. The van der Waals surface area contributed by atoms with Crippen molar-refractivity contribution in [1.82, 2.24) is 15.1 Å². The van der Waals surface area contributed by atoms with E-state index >= 15 is 0 Å². The van der Waals surface area contributed by atoms with Crippen LogP contribution in [-0.2, 0) is 11.5 Å². The molecule has 7 heteroatoms. The number of methoxy groups -OCH3 is 1. The Labute approximate surface area is 131 Å². The molecule has 0 unspecified atom stereocenters. The Kier molecular flexibility index (Phi) is 5.77. The summed E-state index contributed by atoms with van der Waals surface area (Å²) in [6, 6.07) is 9.14. The fraction of sp³-hybridized carbons (Fsp3) is 0.286. The number of carbonyl (C=O) groups is 1. The normalized spacial score (nSPS) is 10.4. The molecular weight excluding hydrogens is 338 g/mol. The van der Waals surface area contributed by atoms with Crippen molar-refractivity contribution in [3.8, 4) is 5.75 Å². The highest BCUT2D eigenvalue weighted by Crippen LogP contribution is 2.16. The number of ether oxygens (including phenoxy) is 2. The maximum Gasteiger partial charge on any atom is 0.271 e. The minimum absolute atomic E-state index is 0.227. The molecule has 6 nitrogen and oxygen atoms in total. The maximum atomic E-state index is 11.8. The van der Waals surface area contributed by atoms with E-state index in [0.717, 1.165) is 10.2 Å². The number of aromatic nitrogens is 2. The molecule has 112 valence electrons. The third-order valence-electron chi connectivity index (χ3n) is 2.64. The third kappa shape index (κ3) is 4.87. The number of nitrogens with one attached hydrogen (secondary N) is 1. The summed E-state index contributed by atoms with van der Waals surface area (Å²) in [7, 11) is 1.58. The van der Waals surface area contributed by atoms with E-state index in [4.69, 9.17) is 9.47 Å². The molecule has 0 aliphatic carbocycles. The summed E-state index contributed by atoms with van der Waals surface area (Å²) in [5.41, 5.74) is 0.352. The van der Waals surface area contributed by atoms with Gasteiger partial charge in [0, 0.05) is 24.3 Å². The number of amides is 1. The molecule has 0 spiro atoms. The van der Waals surface area contributed by atoms with Crippen molar-refractivity contribution in [2.75, 3.05) is 20.3 Å². The SMILES string of the molecule is COCCNC(=O)c1ccn(COc2ccc(Br)cc2)n1. The number of hydrogen-bond acceptors (Lipinski definition) is 4. The molecule has 0 saturated carbocycles. The van der Waals surface area contributed by atoms with Crippen LogP contribution in [0.5, 0.6) is 5.75 Å². The lowest BCUT2D eigenvalue weighted by molar-refractivity contribution is 0.0930. The van der Waals surface area contributed by atoms with Crippen LogP contribution in [0, 0.1) is 0 Å². The standard InChI is InChI=1S/C14H16BrN3O3/c1-20-9-7-16-14(19)13-6-8-18(17-13)10-21-12-4-2-11(15)3-5-12/h2-6,8H,7,9-10H2,1H3,(H,16,19). The molecule has 1 N–H and O–H groups in total. The summed E-state index contributed by atoms with van der Waals surface area (Å²) in [6.45, 7) is 1.17. The van der Waals surface area contributed by atoms with Crippen LogP contribution in [0.15, 0.2) is 41.0 Å². The Bertz CT molecular complexity index is 583. The Morgan fingerprint density at radius 3 is 2.81 bits per heavy atom. The van der Waals surface area contributed by atoms with E-state index in [9.17, 15) is 4.79 Å². The summed E-state index contributed by atoms with van der Waals surface area (Å²) < 4.78 is 13.0. The summed E-state index contributed by atoms with van der Waals surface area (Å²) >= 11 is 3.36. The van der Waals surface area contributed by atoms with Gasteiger partial charge in [0.1, 0.15) is 11.4 Å². The fourth-order valence-corrected chi connectivity index (χ4v) is 1.85. The lowest BCUT2D eigenvalue weighted by atomic mass is 10.3. The summed E-state index contributed by atoms with van der Waals surface area (Å²) in [6.07, 6.45) is 1.70. The molecule has 1 aromatic carbocycles. The lowest BCUT2D eigenvalue weighted by Crippen LogP contribution is -2.27. The lowest BCUT2D eigenvalue weighted by Gasteiger charge is -2.06. The van der Waals surface area contributed by atoms with E-state index in [1.54, 1.807) is 24.1 Å². The van der Waals surface area contributed by atoms with Crippen molar-refractivity contribution >= 4 is 21.8 Å².